The van der Waals surface area contributed by atoms with Crippen LogP contribution in [0.2, 0.25) is 5.02 Å². The fraction of sp³-hybridized carbons (Fsp3) is 0.429. The summed E-state index contributed by atoms with van der Waals surface area (Å²) in [5.41, 5.74) is 0.331. The lowest BCUT2D eigenvalue weighted by molar-refractivity contribution is -0.120. The van der Waals surface area contributed by atoms with Crippen LogP contribution in [-0.4, -0.2) is 47.6 Å². The predicted molar refractivity (Wildman–Crippen MR) is 85.8 cm³/mol. The Morgan fingerprint density at radius 2 is 2.05 bits per heavy atom. The summed E-state index contributed by atoms with van der Waals surface area (Å²) in [6.07, 6.45) is 1.86. The van der Waals surface area contributed by atoms with Crippen molar-refractivity contribution in [1.29, 1.82) is 0 Å². The number of nitrogens with one attached hydrogen (secondary N) is 2. The van der Waals surface area contributed by atoms with Gasteiger partial charge in [0.15, 0.2) is 0 Å². The highest BCUT2D eigenvalue weighted by molar-refractivity contribution is 7.99. The van der Waals surface area contributed by atoms with E-state index in [1.54, 1.807) is 24.3 Å². The molecule has 1 aromatic rings. The highest BCUT2D eigenvalue weighted by Gasteiger charge is 2.18. The minimum atomic E-state index is -0.396. The van der Waals surface area contributed by atoms with Gasteiger partial charge in [-0.2, -0.15) is 11.8 Å². The number of hydrogen-bond acceptors (Lipinski definition) is 4. The first-order chi connectivity index (χ1) is 9.99. The molecule has 7 heteroatoms. The molecule has 0 saturated carbocycles. The van der Waals surface area contributed by atoms with Crippen LogP contribution in [0.4, 0.5) is 0 Å². The molecule has 116 valence electrons. The summed E-state index contributed by atoms with van der Waals surface area (Å²) in [5, 5.41) is 14.7. The van der Waals surface area contributed by atoms with E-state index in [9.17, 15) is 9.59 Å². The molecule has 21 heavy (non-hydrogen) atoms. The molecule has 2 amide bonds. The molecule has 0 radical (unpaired) electrons. The van der Waals surface area contributed by atoms with E-state index in [0.29, 0.717) is 10.6 Å². The normalized spacial score (nSPS) is 13.3. The Balaban J connectivity index is 2.46. The minimum Gasteiger partial charge on any atom is -0.395 e. The van der Waals surface area contributed by atoms with E-state index in [0.717, 1.165) is 0 Å². The Kier molecular flexibility index (Phi) is 7.56. The molecule has 0 aliphatic rings. The maximum absolute atomic E-state index is 11.9. The zero-order valence-corrected chi connectivity index (χ0v) is 13.5. The van der Waals surface area contributed by atoms with Crippen molar-refractivity contribution in [1.82, 2.24) is 10.6 Å². The number of amides is 2. The monoisotopic (exact) mass is 330 g/mol. The van der Waals surface area contributed by atoms with Crippen molar-refractivity contribution in [2.45, 2.75) is 18.2 Å². The number of carbonyl (C=O) groups is 2. The van der Waals surface area contributed by atoms with E-state index in [1.165, 1.54) is 11.8 Å². The van der Waals surface area contributed by atoms with Crippen molar-refractivity contribution in [3.8, 4) is 0 Å². The van der Waals surface area contributed by atoms with Crippen molar-refractivity contribution >= 4 is 35.2 Å². The second-order valence-electron chi connectivity index (χ2n) is 4.48. The second-order valence-corrected chi connectivity index (χ2v) is 5.96. The molecule has 1 aromatic carbocycles. The molecule has 3 N–H and O–H groups in total. The van der Waals surface area contributed by atoms with Crippen LogP contribution in [0.15, 0.2) is 24.3 Å². The molecule has 0 spiro atoms. The van der Waals surface area contributed by atoms with Gasteiger partial charge < -0.3 is 15.7 Å². The highest BCUT2D eigenvalue weighted by Crippen LogP contribution is 2.14. The second kappa shape index (κ2) is 8.92. The number of aliphatic hydroxyl groups is 1. The topological polar surface area (TPSA) is 78.4 Å². The van der Waals surface area contributed by atoms with E-state index in [4.69, 9.17) is 16.7 Å². The lowest BCUT2D eigenvalue weighted by atomic mass is 10.2. The van der Waals surface area contributed by atoms with Crippen molar-refractivity contribution in [2.24, 2.45) is 0 Å². The van der Waals surface area contributed by atoms with Gasteiger partial charge in [0.1, 0.15) is 0 Å². The van der Waals surface area contributed by atoms with E-state index in [-0.39, 0.29) is 30.4 Å². The molecule has 0 heterocycles. The van der Waals surface area contributed by atoms with Gasteiger partial charge in [0.25, 0.3) is 5.91 Å². The quantitative estimate of drug-likeness (QED) is 0.704. The summed E-state index contributed by atoms with van der Waals surface area (Å²) in [6, 6.07) is 6.45. The average molecular weight is 331 g/mol. The van der Waals surface area contributed by atoms with Crippen LogP contribution >= 0.6 is 23.4 Å². The maximum Gasteiger partial charge on any atom is 0.253 e. The molecular weight excluding hydrogens is 312 g/mol. The first kappa shape index (κ1) is 17.8. The molecule has 1 rings (SSSR count). The summed E-state index contributed by atoms with van der Waals surface area (Å²) < 4.78 is 0. The first-order valence-electron chi connectivity index (χ1n) is 6.45. The molecule has 0 fully saturated rings. The maximum atomic E-state index is 11.9. The Bertz CT molecular complexity index is 495. The van der Waals surface area contributed by atoms with Gasteiger partial charge in [-0.15, -0.1) is 0 Å². The number of carbonyl (C=O) groups excluding carboxylic acids is 2. The van der Waals surface area contributed by atoms with Crippen molar-refractivity contribution in [3.63, 3.8) is 0 Å². The summed E-state index contributed by atoms with van der Waals surface area (Å²) in [7, 11) is 0. The SMILES string of the molecule is CSC(CO)C(C)NC(=O)CNC(=O)c1ccccc1Cl. The zero-order chi connectivity index (χ0) is 15.8. The molecule has 2 atom stereocenters. The molecule has 0 aliphatic carbocycles. The van der Waals surface area contributed by atoms with Crippen molar-refractivity contribution in [3.05, 3.63) is 34.9 Å². The van der Waals surface area contributed by atoms with Gasteiger partial charge in [0.2, 0.25) is 5.91 Å². The Morgan fingerprint density at radius 1 is 1.38 bits per heavy atom. The van der Waals surface area contributed by atoms with Crippen LogP contribution in [0.5, 0.6) is 0 Å². The van der Waals surface area contributed by atoms with Gasteiger partial charge in [-0.05, 0) is 25.3 Å². The molecule has 0 saturated heterocycles. The zero-order valence-electron chi connectivity index (χ0n) is 11.9. The van der Waals surface area contributed by atoms with E-state index < -0.39 is 5.91 Å². The van der Waals surface area contributed by atoms with Crippen LogP contribution in [-0.2, 0) is 4.79 Å². The van der Waals surface area contributed by atoms with Gasteiger partial charge >= 0.3 is 0 Å². The van der Waals surface area contributed by atoms with E-state index >= 15 is 0 Å². The summed E-state index contributed by atoms with van der Waals surface area (Å²) in [5.74, 6) is -0.706. The third kappa shape index (κ3) is 5.57. The average Bonchev–Trinajstić information content (AvgIpc) is 2.46. The minimum absolute atomic E-state index is 0.0193. The van der Waals surface area contributed by atoms with Crippen molar-refractivity contribution in [2.75, 3.05) is 19.4 Å². The summed E-state index contributed by atoms with van der Waals surface area (Å²) in [6.45, 7) is 1.65. The first-order valence-corrected chi connectivity index (χ1v) is 8.12. The molecular formula is C14H19ClN2O3S. The summed E-state index contributed by atoms with van der Waals surface area (Å²) in [4.78, 5) is 23.6. The number of rotatable bonds is 7. The van der Waals surface area contributed by atoms with Crippen LogP contribution in [0.3, 0.4) is 0 Å². The Morgan fingerprint density at radius 3 is 2.62 bits per heavy atom. The summed E-state index contributed by atoms with van der Waals surface area (Å²) >= 11 is 7.38. The number of thioether (sulfide) groups is 1. The molecule has 0 aromatic heterocycles. The fourth-order valence-electron chi connectivity index (χ4n) is 1.74. The molecule has 5 nitrogen and oxygen atoms in total. The van der Waals surface area contributed by atoms with Crippen LogP contribution in [0.25, 0.3) is 0 Å². The highest BCUT2D eigenvalue weighted by atomic mass is 35.5. The van der Waals surface area contributed by atoms with E-state index in [1.807, 2.05) is 13.2 Å². The number of benzene rings is 1. The van der Waals surface area contributed by atoms with Crippen LogP contribution < -0.4 is 10.6 Å². The lowest BCUT2D eigenvalue weighted by Gasteiger charge is -2.21. The number of hydrogen-bond donors (Lipinski definition) is 3. The molecule has 0 aliphatic heterocycles. The van der Waals surface area contributed by atoms with Gasteiger partial charge in [-0.1, -0.05) is 23.7 Å². The largest absolute Gasteiger partial charge is 0.395 e. The van der Waals surface area contributed by atoms with Crippen molar-refractivity contribution < 1.29 is 14.7 Å². The Labute approximate surface area is 133 Å². The van der Waals surface area contributed by atoms with Gasteiger partial charge in [-0.3, -0.25) is 9.59 Å². The molecule has 2 unspecified atom stereocenters. The third-order valence-corrected chi connectivity index (χ3v) is 4.45. The van der Waals surface area contributed by atoms with Crippen LogP contribution in [0.1, 0.15) is 17.3 Å². The van der Waals surface area contributed by atoms with E-state index in [2.05, 4.69) is 10.6 Å². The third-order valence-electron chi connectivity index (χ3n) is 2.96. The number of aliphatic hydroxyl groups excluding tert-OH is 1. The smallest absolute Gasteiger partial charge is 0.253 e. The molecule has 0 bridgehead atoms. The fourth-order valence-corrected chi connectivity index (χ4v) is 2.58. The standard InChI is InChI=1S/C14H19ClN2O3S/c1-9(12(8-18)21-2)17-13(19)7-16-14(20)10-5-3-4-6-11(10)15/h3-6,9,12,18H,7-8H2,1-2H3,(H,16,20)(H,17,19). The predicted octanol–water partition coefficient (Wildman–Crippen LogP) is 1.30. The Hall–Kier alpha value is -1.24. The number of halogens is 1. The lowest BCUT2D eigenvalue weighted by Crippen LogP contribution is -2.45. The van der Waals surface area contributed by atoms with Crippen LogP contribution in [0, 0.1) is 0 Å². The van der Waals surface area contributed by atoms with Gasteiger partial charge in [0, 0.05) is 11.3 Å². The van der Waals surface area contributed by atoms with Gasteiger partial charge in [0.05, 0.1) is 23.7 Å². The van der Waals surface area contributed by atoms with Gasteiger partial charge in [-0.25, -0.2) is 0 Å².